The largest absolute Gasteiger partial charge is 0.462 e. The number of anilines is 1. The van der Waals surface area contributed by atoms with E-state index in [1.165, 1.54) is 23.1 Å². The van der Waals surface area contributed by atoms with Gasteiger partial charge in [0.25, 0.3) is 5.56 Å². The summed E-state index contributed by atoms with van der Waals surface area (Å²) >= 11 is 2.54. The van der Waals surface area contributed by atoms with Crippen LogP contribution >= 0.6 is 23.1 Å². The van der Waals surface area contributed by atoms with E-state index in [1.54, 1.807) is 42.0 Å². The lowest BCUT2D eigenvalue weighted by Gasteiger charge is -2.12. The first kappa shape index (κ1) is 23.9. The van der Waals surface area contributed by atoms with Crippen molar-refractivity contribution < 1.29 is 14.3 Å². The zero-order valence-corrected chi connectivity index (χ0v) is 20.5. The van der Waals surface area contributed by atoms with Crippen LogP contribution < -0.4 is 10.9 Å². The molecular weight excluding hydrogens is 472 g/mol. The molecule has 0 fully saturated rings. The maximum absolute atomic E-state index is 13.3. The summed E-state index contributed by atoms with van der Waals surface area (Å²) in [6, 6.07) is 10.4. The zero-order valence-electron chi connectivity index (χ0n) is 18.9. The highest BCUT2D eigenvalue weighted by atomic mass is 32.2. The van der Waals surface area contributed by atoms with Gasteiger partial charge in [-0.05, 0) is 37.6 Å². The van der Waals surface area contributed by atoms with E-state index < -0.39 is 5.97 Å². The van der Waals surface area contributed by atoms with Crippen LogP contribution in [0.2, 0.25) is 0 Å². The maximum Gasteiger partial charge on any atom is 0.340 e. The molecule has 4 aromatic rings. The number of thioether (sulfide) groups is 1. The number of hydrogen-bond acceptors (Lipinski definition) is 8. The highest BCUT2D eigenvalue weighted by molar-refractivity contribution is 7.99. The third-order valence-electron chi connectivity index (χ3n) is 5.08. The van der Waals surface area contributed by atoms with Gasteiger partial charge in [0.2, 0.25) is 5.91 Å². The van der Waals surface area contributed by atoms with Crippen LogP contribution in [0.3, 0.4) is 0 Å². The first-order valence-electron chi connectivity index (χ1n) is 11.0. The third kappa shape index (κ3) is 4.97. The van der Waals surface area contributed by atoms with Crippen LogP contribution in [0.1, 0.15) is 37.0 Å². The van der Waals surface area contributed by atoms with Gasteiger partial charge < -0.3 is 10.1 Å². The van der Waals surface area contributed by atoms with Crippen LogP contribution in [0, 0.1) is 0 Å². The van der Waals surface area contributed by atoms with Gasteiger partial charge in [0.05, 0.1) is 29.1 Å². The number of para-hydroxylation sites is 1. The smallest absolute Gasteiger partial charge is 0.340 e. The van der Waals surface area contributed by atoms with Gasteiger partial charge in [0.1, 0.15) is 9.53 Å². The summed E-state index contributed by atoms with van der Waals surface area (Å²) in [6.07, 6.45) is 3.44. The molecule has 10 heteroatoms. The molecule has 0 atom stereocenters. The fourth-order valence-corrected chi connectivity index (χ4v) is 5.31. The van der Waals surface area contributed by atoms with E-state index in [1.807, 2.05) is 12.1 Å². The minimum absolute atomic E-state index is 0.0293. The second-order valence-corrected chi connectivity index (χ2v) is 9.39. The summed E-state index contributed by atoms with van der Waals surface area (Å²) in [5.74, 6) is -0.777. The fraction of sp³-hybridized carbons (Fsp3) is 0.292. The molecule has 1 aromatic carbocycles. The molecule has 176 valence electrons. The van der Waals surface area contributed by atoms with E-state index in [4.69, 9.17) is 9.72 Å². The average molecular weight is 497 g/mol. The highest BCUT2D eigenvalue weighted by Crippen LogP contribution is 2.30. The van der Waals surface area contributed by atoms with Crippen LogP contribution in [0.25, 0.3) is 20.4 Å². The lowest BCUT2D eigenvalue weighted by atomic mass is 10.2. The number of carbonyl (C=O) groups is 2. The third-order valence-corrected chi connectivity index (χ3v) is 7.15. The highest BCUT2D eigenvalue weighted by Gasteiger charge is 2.19. The Bertz CT molecular complexity index is 1410. The molecule has 4 rings (SSSR count). The Morgan fingerprint density at radius 1 is 1.18 bits per heavy atom. The molecule has 0 aliphatic carbocycles. The SMILES string of the molecule is CCCCn1c(SCC(=O)Nc2ccccc2C(=O)OCC)nc2c(sc3ncccc32)c1=O. The molecule has 0 aliphatic rings. The predicted molar refractivity (Wildman–Crippen MR) is 136 cm³/mol. The van der Waals surface area contributed by atoms with Crippen LogP contribution in [0.15, 0.2) is 52.5 Å². The summed E-state index contributed by atoms with van der Waals surface area (Å²) in [5, 5.41) is 4.10. The minimum atomic E-state index is -0.496. The van der Waals surface area contributed by atoms with Crippen LogP contribution in [0.5, 0.6) is 0 Å². The number of carbonyl (C=O) groups excluding carboxylic acids is 2. The fourth-order valence-electron chi connectivity index (χ4n) is 3.46. The number of hydrogen-bond donors (Lipinski definition) is 1. The van der Waals surface area contributed by atoms with Gasteiger partial charge in [-0.15, -0.1) is 11.3 Å². The molecule has 0 aliphatic heterocycles. The maximum atomic E-state index is 13.3. The van der Waals surface area contributed by atoms with Crippen molar-refractivity contribution in [1.29, 1.82) is 0 Å². The predicted octanol–water partition coefficient (Wildman–Crippen LogP) is 4.71. The molecule has 1 N–H and O–H groups in total. The number of nitrogens with one attached hydrogen (secondary N) is 1. The molecule has 1 amide bonds. The molecule has 0 saturated carbocycles. The number of ether oxygens (including phenoxy) is 1. The molecule has 0 radical (unpaired) electrons. The van der Waals surface area contributed by atoms with E-state index in [0.29, 0.717) is 33.2 Å². The summed E-state index contributed by atoms with van der Waals surface area (Å²) in [7, 11) is 0. The molecular formula is C24H24N4O4S2. The summed E-state index contributed by atoms with van der Waals surface area (Å²) in [6.45, 7) is 4.55. The van der Waals surface area contributed by atoms with E-state index >= 15 is 0 Å². The zero-order chi connectivity index (χ0) is 24.1. The van der Waals surface area contributed by atoms with E-state index in [2.05, 4.69) is 17.2 Å². The van der Waals surface area contributed by atoms with Crippen molar-refractivity contribution in [3.8, 4) is 0 Å². The first-order chi connectivity index (χ1) is 16.5. The Labute approximate surface area is 204 Å². The van der Waals surface area contributed by atoms with Crippen LogP contribution in [-0.4, -0.2) is 38.8 Å². The summed E-state index contributed by atoms with van der Waals surface area (Å²) in [5.41, 5.74) is 1.17. The standard InChI is InChI=1S/C24H24N4O4S2/c1-3-5-13-28-22(30)20-19(16-10-8-12-25-21(16)34-20)27-24(28)33-14-18(29)26-17-11-7-6-9-15(17)23(31)32-4-2/h6-12H,3-5,13-14H2,1-2H3,(H,26,29). The van der Waals surface area contributed by atoms with Gasteiger partial charge in [-0.1, -0.05) is 37.2 Å². The number of rotatable bonds is 9. The number of unbranched alkanes of at least 4 members (excludes halogenated alkanes) is 1. The lowest BCUT2D eigenvalue weighted by molar-refractivity contribution is -0.113. The van der Waals surface area contributed by atoms with Gasteiger partial charge in [-0.2, -0.15) is 0 Å². The Balaban J connectivity index is 1.60. The Hall–Kier alpha value is -3.24. The molecule has 0 spiro atoms. The monoisotopic (exact) mass is 496 g/mol. The van der Waals surface area contributed by atoms with Gasteiger partial charge in [-0.25, -0.2) is 14.8 Å². The van der Waals surface area contributed by atoms with E-state index in [-0.39, 0.29) is 23.8 Å². The first-order valence-corrected chi connectivity index (χ1v) is 12.8. The molecule has 34 heavy (non-hydrogen) atoms. The average Bonchev–Trinajstić information content (AvgIpc) is 3.22. The molecule has 0 bridgehead atoms. The quantitative estimate of drug-likeness (QED) is 0.203. The van der Waals surface area contributed by atoms with Crippen molar-refractivity contribution in [3.05, 3.63) is 58.5 Å². The molecule has 3 aromatic heterocycles. The number of amides is 1. The van der Waals surface area contributed by atoms with Crippen molar-refractivity contribution in [2.45, 2.75) is 38.4 Å². The van der Waals surface area contributed by atoms with Crippen LogP contribution in [0.4, 0.5) is 5.69 Å². The van der Waals surface area contributed by atoms with Crippen molar-refractivity contribution in [2.75, 3.05) is 17.7 Å². The Kier molecular flexibility index (Phi) is 7.59. The second kappa shape index (κ2) is 10.8. The van der Waals surface area contributed by atoms with Gasteiger partial charge >= 0.3 is 5.97 Å². The summed E-state index contributed by atoms with van der Waals surface area (Å²) in [4.78, 5) is 48.1. The van der Waals surface area contributed by atoms with Crippen LogP contribution in [-0.2, 0) is 16.1 Å². The second-order valence-electron chi connectivity index (χ2n) is 7.44. The molecule has 3 heterocycles. The number of nitrogens with zero attached hydrogens (tertiary/aromatic N) is 3. The minimum Gasteiger partial charge on any atom is -0.462 e. The van der Waals surface area contributed by atoms with Crippen molar-refractivity contribution in [3.63, 3.8) is 0 Å². The normalized spacial score (nSPS) is 11.1. The van der Waals surface area contributed by atoms with Crippen molar-refractivity contribution >= 4 is 61.1 Å². The van der Waals surface area contributed by atoms with E-state index in [9.17, 15) is 14.4 Å². The number of thiophene rings is 1. The molecule has 0 unspecified atom stereocenters. The number of pyridine rings is 1. The number of esters is 1. The number of benzene rings is 1. The van der Waals surface area contributed by atoms with E-state index in [0.717, 1.165) is 23.1 Å². The lowest BCUT2D eigenvalue weighted by Crippen LogP contribution is -2.24. The van der Waals surface area contributed by atoms with Crippen molar-refractivity contribution in [2.24, 2.45) is 0 Å². The molecule has 0 saturated heterocycles. The summed E-state index contributed by atoms with van der Waals surface area (Å²) < 4.78 is 7.28. The Morgan fingerprint density at radius 2 is 2.00 bits per heavy atom. The van der Waals surface area contributed by atoms with Gasteiger partial charge in [-0.3, -0.25) is 14.2 Å². The van der Waals surface area contributed by atoms with Gasteiger partial charge in [0, 0.05) is 18.1 Å². The molecule has 8 nitrogen and oxygen atoms in total. The Morgan fingerprint density at radius 3 is 2.79 bits per heavy atom. The topological polar surface area (TPSA) is 103 Å². The number of aromatic nitrogens is 3. The van der Waals surface area contributed by atoms with Gasteiger partial charge in [0.15, 0.2) is 5.16 Å². The van der Waals surface area contributed by atoms with Crippen molar-refractivity contribution in [1.82, 2.24) is 14.5 Å². The number of fused-ring (bicyclic) bond motifs is 3.